The SMILES string of the molecule is CC(NCc1ccn(C)n1)c1cccc(C#N)c1. The summed E-state index contributed by atoms with van der Waals surface area (Å²) in [6.45, 7) is 2.80. The molecule has 2 aromatic rings. The minimum atomic E-state index is 0.195. The second kappa shape index (κ2) is 5.48. The van der Waals surface area contributed by atoms with E-state index in [4.69, 9.17) is 5.26 Å². The highest BCUT2D eigenvalue weighted by molar-refractivity contribution is 5.34. The summed E-state index contributed by atoms with van der Waals surface area (Å²) in [6.07, 6.45) is 1.93. The smallest absolute Gasteiger partial charge is 0.0991 e. The van der Waals surface area contributed by atoms with Crippen LogP contribution in [-0.2, 0) is 13.6 Å². The Morgan fingerprint density at radius 3 is 2.94 bits per heavy atom. The second-order valence-electron chi connectivity index (χ2n) is 4.32. The molecule has 1 aromatic carbocycles. The van der Waals surface area contributed by atoms with E-state index in [0.717, 1.165) is 17.8 Å². The first kappa shape index (κ1) is 12.3. The Balaban J connectivity index is 1.99. The fourth-order valence-electron chi connectivity index (χ4n) is 1.81. The minimum Gasteiger partial charge on any atom is -0.304 e. The summed E-state index contributed by atoms with van der Waals surface area (Å²) in [5.74, 6) is 0. The average molecular weight is 240 g/mol. The highest BCUT2D eigenvalue weighted by Gasteiger charge is 2.06. The van der Waals surface area contributed by atoms with Gasteiger partial charge in [0.25, 0.3) is 0 Å². The van der Waals surface area contributed by atoms with E-state index in [0.29, 0.717) is 5.56 Å². The van der Waals surface area contributed by atoms with Crippen molar-refractivity contribution < 1.29 is 0 Å². The Labute approximate surface area is 107 Å². The van der Waals surface area contributed by atoms with Gasteiger partial charge in [-0.05, 0) is 30.7 Å². The van der Waals surface area contributed by atoms with E-state index in [1.807, 2.05) is 43.6 Å². The van der Waals surface area contributed by atoms with Crippen molar-refractivity contribution in [2.24, 2.45) is 7.05 Å². The van der Waals surface area contributed by atoms with Gasteiger partial charge in [0.05, 0.1) is 17.3 Å². The van der Waals surface area contributed by atoms with E-state index < -0.39 is 0 Å². The van der Waals surface area contributed by atoms with Crippen molar-refractivity contribution in [2.75, 3.05) is 0 Å². The Bertz CT molecular complexity index is 565. The van der Waals surface area contributed by atoms with Gasteiger partial charge in [-0.3, -0.25) is 4.68 Å². The summed E-state index contributed by atoms with van der Waals surface area (Å²) in [4.78, 5) is 0. The summed E-state index contributed by atoms with van der Waals surface area (Å²) in [7, 11) is 1.91. The van der Waals surface area contributed by atoms with Gasteiger partial charge in [-0.25, -0.2) is 0 Å². The van der Waals surface area contributed by atoms with Gasteiger partial charge in [0, 0.05) is 25.8 Å². The molecule has 0 saturated carbocycles. The molecule has 0 fully saturated rings. The van der Waals surface area contributed by atoms with E-state index in [1.165, 1.54) is 0 Å². The molecule has 1 atom stereocenters. The van der Waals surface area contributed by atoms with Crippen molar-refractivity contribution in [3.8, 4) is 6.07 Å². The zero-order valence-corrected chi connectivity index (χ0v) is 10.6. The monoisotopic (exact) mass is 240 g/mol. The predicted octanol–water partition coefficient (Wildman–Crippen LogP) is 2.14. The number of hydrogen-bond acceptors (Lipinski definition) is 3. The van der Waals surface area contributed by atoms with Gasteiger partial charge in [-0.1, -0.05) is 12.1 Å². The van der Waals surface area contributed by atoms with Gasteiger partial charge in [0.1, 0.15) is 0 Å². The molecule has 4 nitrogen and oxygen atoms in total. The third-order valence-electron chi connectivity index (χ3n) is 2.87. The van der Waals surface area contributed by atoms with Crippen molar-refractivity contribution in [1.29, 1.82) is 5.26 Å². The number of aromatic nitrogens is 2. The number of nitrogens with zero attached hydrogens (tertiary/aromatic N) is 3. The summed E-state index contributed by atoms with van der Waals surface area (Å²) < 4.78 is 1.79. The van der Waals surface area contributed by atoms with E-state index in [2.05, 4.69) is 23.4 Å². The van der Waals surface area contributed by atoms with Crippen LogP contribution in [0.25, 0.3) is 0 Å². The van der Waals surface area contributed by atoms with Crippen LogP contribution in [0.1, 0.15) is 29.8 Å². The van der Waals surface area contributed by atoms with Crippen LogP contribution in [0.15, 0.2) is 36.5 Å². The Morgan fingerprint density at radius 2 is 2.28 bits per heavy atom. The van der Waals surface area contributed by atoms with Crippen molar-refractivity contribution in [1.82, 2.24) is 15.1 Å². The number of rotatable bonds is 4. The molecule has 0 aliphatic heterocycles. The summed E-state index contributed by atoms with van der Waals surface area (Å²) >= 11 is 0. The molecule has 1 unspecified atom stereocenters. The van der Waals surface area contributed by atoms with Crippen LogP contribution in [0.4, 0.5) is 0 Å². The lowest BCUT2D eigenvalue weighted by molar-refractivity contribution is 0.562. The van der Waals surface area contributed by atoms with Gasteiger partial charge < -0.3 is 5.32 Å². The number of benzene rings is 1. The van der Waals surface area contributed by atoms with Crippen LogP contribution in [0.5, 0.6) is 0 Å². The predicted molar refractivity (Wildman–Crippen MR) is 69.6 cm³/mol. The fraction of sp³-hybridized carbons (Fsp3) is 0.286. The first-order chi connectivity index (χ1) is 8.69. The maximum absolute atomic E-state index is 8.87. The van der Waals surface area contributed by atoms with E-state index in [1.54, 1.807) is 4.68 Å². The molecule has 0 aliphatic carbocycles. The standard InChI is InChI=1S/C14H16N4/c1-11(13-5-3-4-12(8-13)9-15)16-10-14-6-7-18(2)17-14/h3-8,11,16H,10H2,1-2H3. The van der Waals surface area contributed by atoms with Crippen molar-refractivity contribution in [2.45, 2.75) is 19.5 Å². The second-order valence-corrected chi connectivity index (χ2v) is 4.32. The molecule has 2 rings (SSSR count). The maximum atomic E-state index is 8.87. The highest BCUT2D eigenvalue weighted by Crippen LogP contribution is 2.14. The molecular weight excluding hydrogens is 224 g/mol. The van der Waals surface area contributed by atoms with Gasteiger partial charge in [0.2, 0.25) is 0 Å². The first-order valence-corrected chi connectivity index (χ1v) is 5.91. The van der Waals surface area contributed by atoms with Crippen molar-refractivity contribution >= 4 is 0 Å². The molecule has 0 spiro atoms. The summed E-state index contributed by atoms with van der Waals surface area (Å²) in [5.41, 5.74) is 2.82. The third kappa shape index (κ3) is 2.96. The molecular formula is C14H16N4. The van der Waals surface area contributed by atoms with Gasteiger partial charge in [0.15, 0.2) is 0 Å². The minimum absolute atomic E-state index is 0.195. The summed E-state index contributed by atoms with van der Waals surface area (Å²) in [5, 5.41) is 16.6. The van der Waals surface area contributed by atoms with Crippen LogP contribution in [0, 0.1) is 11.3 Å². The molecule has 1 N–H and O–H groups in total. The van der Waals surface area contributed by atoms with E-state index in [9.17, 15) is 0 Å². The molecule has 18 heavy (non-hydrogen) atoms. The fourth-order valence-corrected chi connectivity index (χ4v) is 1.81. The molecule has 0 amide bonds. The molecule has 4 heteroatoms. The Hall–Kier alpha value is -2.12. The van der Waals surface area contributed by atoms with Gasteiger partial charge >= 0.3 is 0 Å². The normalized spacial score (nSPS) is 12.1. The van der Waals surface area contributed by atoms with Crippen LogP contribution < -0.4 is 5.32 Å². The number of nitriles is 1. The van der Waals surface area contributed by atoms with Crippen LogP contribution in [-0.4, -0.2) is 9.78 Å². The molecule has 0 bridgehead atoms. The third-order valence-corrected chi connectivity index (χ3v) is 2.87. The lowest BCUT2D eigenvalue weighted by Gasteiger charge is -2.13. The number of aryl methyl sites for hydroxylation is 1. The first-order valence-electron chi connectivity index (χ1n) is 5.91. The zero-order chi connectivity index (χ0) is 13.0. The van der Waals surface area contributed by atoms with E-state index in [-0.39, 0.29) is 6.04 Å². The van der Waals surface area contributed by atoms with Crippen molar-refractivity contribution in [3.63, 3.8) is 0 Å². The molecule has 1 heterocycles. The highest BCUT2D eigenvalue weighted by atomic mass is 15.3. The Kier molecular flexibility index (Phi) is 3.75. The molecule has 0 saturated heterocycles. The lowest BCUT2D eigenvalue weighted by atomic mass is 10.1. The van der Waals surface area contributed by atoms with E-state index >= 15 is 0 Å². The number of nitrogens with one attached hydrogen (secondary N) is 1. The van der Waals surface area contributed by atoms with Gasteiger partial charge in [-0.15, -0.1) is 0 Å². The molecule has 92 valence electrons. The molecule has 1 aromatic heterocycles. The topological polar surface area (TPSA) is 53.6 Å². The molecule has 0 aliphatic rings. The quantitative estimate of drug-likeness (QED) is 0.890. The largest absolute Gasteiger partial charge is 0.304 e. The zero-order valence-electron chi connectivity index (χ0n) is 10.6. The van der Waals surface area contributed by atoms with Crippen molar-refractivity contribution in [3.05, 3.63) is 53.3 Å². The molecule has 0 radical (unpaired) electrons. The van der Waals surface area contributed by atoms with Crippen LogP contribution >= 0.6 is 0 Å². The Morgan fingerprint density at radius 1 is 1.44 bits per heavy atom. The van der Waals surface area contributed by atoms with Gasteiger partial charge in [-0.2, -0.15) is 10.4 Å². The van der Waals surface area contributed by atoms with Crippen LogP contribution in [0.3, 0.4) is 0 Å². The number of hydrogen-bond donors (Lipinski definition) is 1. The summed E-state index contributed by atoms with van der Waals surface area (Å²) in [6, 6.07) is 12.0. The van der Waals surface area contributed by atoms with Crippen LogP contribution in [0.2, 0.25) is 0 Å². The maximum Gasteiger partial charge on any atom is 0.0991 e. The lowest BCUT2D eigenvalue weighted by Crippen LogP contribution is -2.18. The average Bonchev–Trinajstić information content (AvgIpc) is 2.82.